The van der Waals surface area contributed by atoms with E-state index >= 15 is 0 Å². The molecule has 260 valence electrons. The summed E-state index contributed by atoms with van der Waals surface area (Å²) in [5.41, 5.74) is 0. The van der Waals surface area contributed by atoms with Crippen LogP contribution in [-0.2, 0) is 36.0 Å². The summed E-state index contributed by atoms with van der Waals surface area (Å²) < 4.78 is 48.2. The minimum absolute atomic E-state index is 0.435. The molecule has 0 amide bonds. The summed E-state index contributed by atoms with van der Waals surface area (Å²) in [6.45, 7) is 24.2. The number of hydrogen-bond acceptors (Lipinski definition) is 10. The van der Waals surface area contributed by atoms with Crippen molar-refractivity contribution in [3.63, 3.8) is 0 Å². The second-order valence-corrected chi connectivity index (χ2v) is 18.0. The van der Waals surface area contributed by atoms with Gasteiger partial charge in [0.15, 0.2) is 0 Å². The van der Waals surface area contributed by atoms with Gasteiger partial charge in [0.05, 0.1) is 25.4 Å². The smallest absolute Gasteiger partial charge is 0.374 e. The van der Waals surface area contributed by atoms with Crippen LogP contribution in [0.2, 0.25) is 12.1 Å². The fourth-order valence-electron chi connectivity index (χ4n) is 6.95. The van der Waals surface area contributed by atoms with Gasteiger partial charge in [-0.1, -0.05) is 6.42 Å². The van der Waals surface area contributed by atoms with Crippen LogP contribution in [0.1, 0.15) is 80.1 Å². The average molecular weight is 663 g/mol. The summed E-state index contributed by atoms with van der Waals surface area (Å²) in [5.74, 6) is 1.46. The molecule has 12 heteroatoms. The van der Waals surface area contributed by atoms with Gasteiger partial charge in [-0.05, 0) is 98.6 Å². The van der Waals surface area contributed by atoms with Gasteiger partial charge in [-0.15, -0.1) is 0 Å². The first kappa shape index (κ1) is 38.5. The van der Waals surface area contributed by atoms with Crippen LogP contribution in [0.25, 0.3) is 0 Å². The van der Waals surface area contributed by atoms with Crippen LogP contribution in [0, 0.1) is 11.8 Å². The Bertz CT molecular complexity index is 669. The molecule has 3 fully saturated rings. The minimum atomic E-state index is -2.66. The summed E-state index contributed by atoms with van der Waals surface area (Å²) in [6.07, 6.45) is 8.15. The van der Waals surface area contributed by atoms with E-state index in [1.807, 2.05) is 41.5 Å². The largest absolute Gasteiger partial charge is 0.500 e. The zero-order valence-corrected chi connectivity index (χ0v) is 31.0. The summed E-state index contributed by atoms with van der Waals surface area (Å²) in [4.78, 5) is 5.31. The zero-order valence-electron chi connectivity index (χ0n) is 29.0. The van der Waals surface area contributed by atoms with Crippen LogP contribution >= 0.6 is 0 Å². The van der Waals surface area contributed by atoms with Crippen LogP contribution in [-0.4, -0.2) is 132 Å². The number of hydrogen-bond donors (Lipinski definition) is 0. The molecule has 2 aliphatic heterocycles. The summed E-state index contributed by atoms with van der Waals surface area (Å²) in [6, 6.07) is 1.70. The summed E-state index contributed by atoms with van der Waals surface area (Å²) >= 11 is 0. The van der Waals surface area contributed by atoms with Crippen molar-refractivity contribution < 1.29 is 36.0 Å². The SMILES string of the molecule is CCO[Si](CCCN(CCC[Si](OCC)(OCC)OCC)CC1CCCC(CN(CC2CO2)CC2CO2)C1)(OCC)OCC. The Hall–Kier alpha value is 0.0338. The topological polar surface area (TPSA) is 86.9 Å². The van der Waals surface area contributed by atoms with Crippen molar-refractivity contribution in [1.29, 1.82) is 0 Å². The van der Waals surface area contributed by atoms with Crippen molar-refractivity contribution in [2.24, 2.45) is 11.8 Å². The van der Waals surface area contributed by atoms with Crippen LogP contribution < -0.4 is 0 Å². The third-order valence-corrected chi connectivity index (χ3v) is 15.1. The molecular weight excluding hydrogens is 597 g/mol. The number of rotatable bonds is 28. The molecule has 0 aromatic heterocycles. The third kappa shape index (κ3) is 14.4. The molecule has 4 atom stereocenters. The standard InChI is InChI=1S/C32H66N2O8Si2/c1-7-37-43(38-8-2,39-9-3)20-14-18-33(19-15-21-44(40-10-4,41-11-5)42-12-6)23-29-16-13-17-30(22-29)24-34(25-31-27-35-31)26-32-28-36-32/h29-32H,7-28H2,1-6H3. The first-order valence-electron chi connectivity index (χ1n) is 17.9. The molecule has 2 heterocycles. The molecule has 3 aliphatic rings. The molecule has 0 spiro atoms. The first-order valence-corrected chi connectivity index (χ1v) is 21.8. The van der Waals surface area contributed by atoms with E-state index < -0.39 is 17.6 Å². The van der Waals surface area contributed by atoms with Crippen molar-refractivity contribution in [2.45, 2.75) is 104 Å². The molecule has 10 nitrogen and oxygen atoms in total. The Morgan fingerprint density at radius 2 is 0.909 bits per heavy atom. The fraction of sp³-hybridized carbons (Fsp3) is 1.00. The van der Waals surface area contributed by atoms with Crippen LogP contribution in [0.4, 0.5) is 0 Å². The van der Waals surface area contributed by atoms with Crippen molar-refractivity contribution in [1.82, 2.24) is 9.80 Å². The third-order valence-electron chi connectivity index (χ3n) is 8.75. The number of nitrogens with zero attached hydrogens (tertiary/aromatic N) is 2. The van der Waals surface area contributed by atoms with Crippen molar-refractivity contribution in [2.75, 3.05) is 92.1 Å². The van der Waals surface area contributed by atoms with E-state index in [0.717, 1.165) is 76.8 Å². The first-order chi connectivity index (χ1) is 21.4. The van der Waals surface area contributed by atoms with Crippen molar-refractivity contribution in [3.05, 3.63) is 0 Å². The van der Waals surface area contributed by atoms with E-state index in [4.69, 9.17) is 36.0 Å². The van der Waals surface area contributed by atoms with E-state index in [1.165, 1.54) is 32.2 Å². The highest BCUT2D eigenvalue weighted by Crippen LogP contribution is 2.32. The molecule has 1 saturated carbocycles. The molecule has 44 heavy (non-hydrogen) atoms. The molecule has 0 bridgehead atoms. The maximum absolute atomic E-state index is 6.17. The molecule has 0 radical (unpaired) electrons. The Balaban J connectivity index is 1.61. The minimum Gasteiger partial charge on any atom is -0.374 e. The second-order valence-electron chi connectivity index (χ2n) is 12.5. The molecule has 3 rings (SSSR count). The van der Waals surface area contributed by atoms with Crippen LogP contribution in [0.5, 0.6) is 0 Å². The highest BCUT2D eigenvalue weighted by Gasteiger charge is 2.41. The van der Waals surface area contributed by atoms with Gasteiger partial charge in [-0.2, -0.15) is 0 Å². The molecular formula is C32H66N2O8Si2. The van der Waals surface area contributed by atoms with Crippen molar-refractivity contribution in [3.8, 4) is 0 Å². The number of epoxide rings is 2. The van der Waals surface area contributed by atoms with Gasteiger partial charge in [0.1, 0.15) is 0 Å². The monoisotopic (exact) mass is 662 g/mol. The average Bonchev–Trinajstić information content (AvgIpc) is 3.92. The van der Waals surface area contributed by atoms with Gasteiger partial charge in [0.25, 0.3) is 0 Å². The molecule has 0 aromatic carbocycles. The highest BCUT2D eigenvalue weighted by molar-refractivity contribution is 6.61. The molecule has 1 aliphatic carbocycles. The quantitative estimate of drug-likeness (QED) is 0.0836. The highest BCUT2D eigenvalue weighted by atomic mass is 28.4. The van der Waals surface area contributed by atoms with Gasteiger partial charge < -0.3 is 40.9 Å². The van der Waals surface area contributed by atoms with Gasteiger partial charge >= 0.3 is 17.6 Å². The maximum Gasteiger partial charge on any atom is 0.500 e. The normalized spacial score (nSPS) is 24.0. The molecule has 0 aromatic rings. The van der Waals surface area contributed by atoms with E-state index in [-0.39, 0.29) is 0 Å². The Labute approximate surface area is 271 Å². The summed E-state index contributed by atoms with van der Waals surface area (Å²) in [7, 11) is -5.32. The lowest BCUT2D eigenvalue weighted by Crippen LogP contribution is -2.47. The molecule has 2 saturated heterocycles. The fourth-order valence-corrected chi connectivity index (χ4v) is 12.1. The Kier molecular flexibility index (Phi) is 18.5. The predicted molar refractivity (Wildman–Crippen MR) is 178 cm³/mol. The van der Waals surface area contributed by atoms with Gasteiger partial charge in [0.2, 0.25) is 0 Å². The van der Waals surface area contributed by atoms with Crippen LogP contribution in [0.15, 0.2) is 0 Å². The lowest BCUT2D eigenvalue weighted by Gasteiger charge is -2.36. The van der Waals surface area contributed by atoms with E-state index in [1.54, 1.807) is 0 Å². The Morgan fingerprint density at radius 1 is 0.545 bits per heavy atom. The van der Waals surface area contributed by atoms with Gasteiger partial charge in [-0.25, -0.2) is 0 Å². The van der Waals surface area contributed by atoms with Gasteiger partial charge in [-0.3, -0.25) is 4.90 Å². The van der Waals surface area contributed by atoms with Crippen molar-refractivity contribution >= 4 is 17.6 Å². The second kappa shape index (κ2) is 21.1. The lowest BCUT2D eigenvalue weighted by molar-refractivity contribution is 0.0683. The predicted octanol–water partition coefficient (Wildman–Crippen LogP) is 5.07. The zero-order chi connectivity index (χ0) is 31.7. The van der Waals surface area contributed by atoms with E-state index in [0.29, 0.717) is 57.8 Å². The lowest BCUT2D eigenvalue weighted by atomic mass is 9.80. The molecule has 4 unspecified atom stereocenters. The van der Waals surface area contributed by atoms with Gasteiger partial charge in [0, 0.05) is 77.9 Å². The van der Waals surface area contributed by atoms with E-state index in [9.17, 15) is 0 Å². The number of ether oxygens (including phenoxy) is 2. The van der Waals surface area contributed by atoms with E-state index in [2.05, 4.69) is 9.80 Å². The summed E-state index contributed by atoms with van der Waals surface area (Å²) in [5, 5.41) is 0. The maximum atomic E-state index is 6.17. The Morgan fingerprint density at radius 3 is 1.25 bits per heavy atom. The van der Waals surface area contributed by atoms with Crippen LogP contribution in [0.3, 0.4) is 0 Å². The molecule has 0 N–H and O–H groups in total.